The van der Waals surface area contributed by atoms with Crippen molar-refractivity contribution in [3.8, 4) is 0 Å². The van der Waals surface area contributed by atoms with E-state index in [-0.39, 0.29) is 6.42 Å². The van der Waals surface area contributed by atoms with E-state index in [0.29, 0.717) is 18.8 Å². The number of aromatic nitrogens is 4. The smallest absolute Gasteiger partial charge is 0.303 e. The van der Waals surface area contributed by atoms with Crippen LogP contribution in [0.1, 0.15) is 29.8 Å². The summed E-state index contributed by atoms with van der Waals surface area (Å²) in [6.45, 7) is 2.53. The van der Waals surface area contributed by atoms with Crippen LogP contribution in [0.5, 0.6) is 0 Å². The van der Waals surface area contributed by atoms with E-state index in [1.807, 2.05) is 43.3 Å². The fraction of sp³-hybridized carbons (Fsp3) is 0.286. The van der Waals surface area contributed by atoms with Crippen LogP contribution in [0.15, 0.2) is 24.3 Å². The van der Waals surface area contributed by atoms with Gasteiger partial charge in [-0.1, -0.05) is 35.9 Å². The van der Waals surface area contributed by atoms with Crippen molar-refractivity contribution in [2.24, 2.45) is 0 Å². The van der Waals surface area contributed by atoms with Crippen molar-refractivity contribution in [1.29, 1.82) is 0 Å². The third-order valence-corrected chi connectivity index (χ3v) is 2.82. The molecule has 0 spiro atoms. The number of tetrazole rings is 1. The molecular formula is C14H16N4O2. The number of aliphatic carboxylic acids is 1. The maximum Gasteiger partial charge on any atom is 0.303 e. The Morgan fingerprint density at radius 2 is 2.05 bits per heavy atom. The molecule has 0 amide bonds. The van der Waals surface area contributed by atoms with Gasteiger partial charge >= 0.3 is 5.97 Å². The summed E-state index contributed by atoms with van der Waals surface area (Å²) in [7, 11) is 0. The third-order valence-electron chi connectivity index (χ3n) is 2.82. The van der Waals surface area contributed by atoms with Gasteiger partial charge in [-0.15, -0.1) is 5.10 Å². The second-order valence-corrected chi connectivity index (χ2v) is 4.50. The summed E-state index contributed by atoms with van der Waals surface area (Å²) in [6, 6.07) is 8.11. The van der Waals surface area contributed by atoms with Crippen LogP contribution in [0.25, 0.3) is 12.2 Å². The Hall–Kier alpha value is -2.50. The van der Waals surface area contributed by atoms with Gasteiger partial charge in [0.05, 0.1) is 0 Å². The van der Waals surface area contributed by atoms with E-state index in [9.17, 15) is 4.79 Å². The standard InChI is InChI=1S/C14H16N4O2/c1-11-4-6-12(7-5-11)8-9-13-15-16-17-18(13)10-2-3-14(19)20/h4-9H,2-3,10H2,1H3,(H,19,20)/b9-8+. The molecule has 2 aromatic rings. The maximum atomic E-state index is 10.5. The van der Waals surface area contributed by atoms with Gasteiger partial charge in [-0.3, -0.25) is 4.79 Å². The topological polar surface area (TPSA) is 80.9 Å². The monoisotopic (exact) mass is 272 g/mol. The van der Waals surface area contributed by atoms with Crippen molar-refractivity contribution in [2.75, 3.05) is 0 Å². The SMILES string of the molecule is Cc1ccc(/C=C/c2nnnn2CCCC(=O)O)cc1. The molecule has 0 saturated carbocycles. The highest BCUT2D eigenvalue weighted by Gasteiger charge is 2.03. The van der Waals surface area contributed by atoms with E-state index in [1.54, 1.807) is 4.68 Å². The molecule has 0 saturated heterocycles. The minimum Gasteiger partial charge on any atom is -0.481 e. The van der Waals surface area contributed by atoms with E-state index in [2.05, 4.69) is 15.5 Å². The summed E-state index contributed by atoms with van der Waals surface area (Å²) in [5, 5.41) is 20.0. The lowest BCUT2D eigenvalue weighted by molar-refractivity contribution is -0.137. The lowest BCUT2D eigenvalue weighted by Gasteiger charge is -2.00. The van der Waals surface area contributed by atoms with Crippen LogP contribution >= 0.6 is 0 Å². The Morgan fingerprint density at radius 1 is 1.30 bits per heavy atom. The van der Waals surface area contributed by atoms with Gasteiger partial charge < -0.3 is 5.11 Å². The number of benzene rings is 1. The number of rotatable bonds is 6. The van der Waals surface area contributed by atoms with Crippen LogP contribution < -0.4 is 0 Å². The van der Waals surface area contributed by atoms with Gasteiger partial charge in [0.25, 0.3) is 0 Å². The van der Waals surface area contributed by atoms with Crippen LogP contribution in [0.2, 0.25) is 0 Å². The molecule has 0 aliphatic heterocycles. The van der Waals surface area contributed by atoms with E-state index in [1.165, 1.54) is 5.56 Å². The first-order valence-corrected chi connectivity index (χ1v) is 6.38. The third kappa shape index (κ3) is 4.01. The number of hydrogen-bond donors (Lipinski definition) is 1. The molecule has 1 heterocycles. The minimum absolute atomic E-state index is 0.112. The van der Waals surface area contributed by atoms with Gasteiger partial charge in [-0.25, -0.2) is 4.68 Å². The number of carboxylic acid groups (broad SMARTS) is 1. The van der Waals surface area contributed by atoms with Crippen LogP contribution in [-0.2, 0) is 11.3 Å². The Morgan fingerprint density at radius 3 is 2.75 bits per heavy atom. The predicted molar refractivity (Wildman–Crippen MR) is 74.8 cm³/mol. The molecule has 6 nitrogen and oxygen atoms in total. The fourth-order valence-electron chi connectivity index (χ4n) is 1.72. The Bertz CT molecular complexity index is 602. The molecule has 2 rings (SSSR count). The van der Waals surface area contributed by atoms with Gasteiger partial charge in [0.1, 0.15) is 0 Å². The highest BCUT2D eigenvalue weighted by Crippen LogP contribution is 2.08. The second-order valence-electron chi connectivity index (χ2n) is 4.50. The van der Waals surface area contributed by atoms with E-state index >= 15 is 0 Å². The van der Waals surface area contributed by atoms with Crippen LogP contribution in [-0.4, -0.2) is 31.3 Å². The molecule has 0 atom stereocenters. The lowest BCUT2D eigenvalue weighted by Crippen LogP contribution is -2.05. The normalized spacial score (nSPS) is 11.1. The maximum absolute atomic E-state index is 10.5. The van der Waals surface area contributed by atoms with Gasteiger partial charge in [-0.2, -0.15) is 0 Å². The number of nitrogens with zero attached hydrogens (tertiary/aromatic N) is 4. The average molecular weight is 272 g/mol. The van der Waals surface area contributed by atoms with Crippen LogP contribution in [0.4, 0.5) is 0 Å². The molecule has 1 N–H and O–H groups in total. The Balaban J connectivity index is 2.00. The molecule has 0 unspecified atom stereocenters. The molecule has 0 fully saturated rings. The summed E-state index contributed by atoms with van der Waals surface area (Å²) in [4.78, 5) is 10.5. The second kappa shape index (κ2) is 6.60. The number of carboxylic acids is 1. The number of hydrogen-bond acceptors (Lipinski definition) is 4. The first kappa shape index (κ1) is 13.9. The highest BCUT2D eigenvalue weighted by molar-refractivity contribution is 5.67. The molecular weight excluding hydrogens is 256 g/mol. The van der Waals surface area contributed by atoms with Crippen molar-refractivity contribution in [3.63, 3.8) is 0 Å². The molecule has 20 heavy (non-hydrogen) atoms. The minimum atomic E-state index is -0.810. The fourth-order valence-corrected chi connectivity index (χ4v) is 1.72. The first-order chi connectivity index (χ1) is 9.65. The van der Waals surface area contributed by atoms with Gasteiger partial charge in [0.2, 0.25) is 0 Å². The molecule has 0 bridgehead atoms. The van der Waals surface area contributed by atoms with Crippen molar-refractivity contribution in [1.82, 2.24) is 20.2 Å². The summed E-state index contributed by atoms with van der Waals surface area (Å²) in [5.74, 6) is -0.189. The zero-order valence-corrected chi connectivity index (χ0v) is 11.2. The molecule has 0 radical (unpaired) electrons. The van der Waals surface area contributed by atoms with Crippen LogP contribution in [0.3, 0.4) is 0 Å². The van der Waals surface area contributed by atoms with E-state index < -0.39 is 5.97 Å². The van der Waals surface area contributed by atoms with Gasteiger partial charge in [-0.05, 0) is 35.4 Å². The van der Waals surface area contributed by atoms with Crippen molar-refractivity contribution >= 4 is 18.1 Å². The molecule has 1 aromatic carbocycles. The Labute approximate surface area is 116 Å². The molecule has 6 heteroatoms. The number of carbonyl (C=O) groups is 1. The van der Waals surface area contributed by atoms with E-state index in [4.69, 9.17) is 5.11 Å². The Kier molecular flexibility index (Phi) is 4.60. The zero-order chi connectivity index (χ0) is 14.4. The first-order valence-electron chi connectivity index (χ1n) is 6.38. The van der Waals surface area contributed by atoms with Crippen molar-refractivity contribution < 1.29 is 9.90 Å². The van der Waals surface area contributed by atoms with Crippen LogP contribution in [0, 0.1) is 6.92 Å². The lowest BCUT2D eigenvalue weighted by atomic mass is 10.1. The predicted octanol–water partition coefficient (Wildman–Crippen LogP) is 2.02. The quantitative estimate of drug-likeness (QED) is 0.870. The molecule has 0 aliphatic rings. The molecule has 1 aromatic heterocycles. The summed E-state index contributed by atoms with van der Waals surface area (Å²) in [6.07, 6.45) is 4.37. The summed E-state index contributed by atoms with van der Waals surface area (Å²) in [5.41, 5.74) is 2.27. The van der Waals surface area contributed by atoms with Crippen molar-refractivity contribution in [2.45, 2.75) is 26.3 Å². The largest absolute Gasteiger partial charge is 0.481 e. The highest BCUT2D eigenvalue weighted by atomic mass is 16.4. The number of aryl methyl sites for hydroxylation is 2. The average Bonchev–Trinajstić information content (AvgIpc) is 2.85. The molecule has 104 valence electrons. The van der Waals surface area contributed by atoms with Gasteiger partial charge in [0.15, 0.2) is 5.82 Å². The summed E-state index contributed by atoms with van der Waals surface area (Å²) >= 11 is 0. The van der Waals surface area contributed by atoms with Crippen molar-refractivity contribution in [3.05, 3.63) is 41.2 Å². The summed E-state index contributed by atoms with van der Waals surface area (Å²) < 4.78 is 1.60. The zero-order valence-electron chi connectivity index (χ0n) is 11.2. The van der Waals surface area contributed by atoms with E-state index in [0.717, 1.165) is 5.56 Å². The van der Waals surface area contributed by atoms with Gasteiger partial charge in [0, 0.05) is 13.0 Å². The molecule has 0 aliphatic carbocycles.